The van der Waals surface area contributed by atoms with Gasteiger partial charge in [-0.2, -0.15) is 0 Å². The molecule has 0 bridgehead atoms. The largest absolute Gasteiger partial charge is 0.508 e. The first kappa shape index (κ1) is 10.1. The Morgan fingerprint density at radius 2 is 2.18 bits per heavy atom. The van der Waals surface area contributed by atoms with Crippen LogP contribution < -0.4 is 5.73 Å². The highest BCUT2D eigenvalue weighted by atomic mass is 16.3. The van der Waals surface area contributed by atoms with E-state index >= 15 is 0 Å². The summed E-state index contributed by atoms with van der Waals surface area (Å²) < 4.78 is 1.98. The zero-order valence-electron chi connectivity index (χ0n) is 9.51. The minimum Gasteiger partial charge on any atom is -0.508 e. The summed E-state index contributed by atoms with van der Waals surface area (Å²) in [7, 11) is 0. The van der Waals surface area contributed by atoms with Crippen LogP contribution in [-0.2, 0) is 6.54 Å². The first-order valence-corrected chi connectivity index (χ1v) is 5.50. The maximum atomic E-state index is 9.56. The lowest BCUT2D eigenvalue weighted by Gasteiger charge is -2.03. The third-order valence-corrected chi connectivity index (χ3v) is 3.08. The van der Waals surface area contributed by atoms with Crippen molar-refractivity contribution in [3.05, 3.63) is 41.9 Å². The molecule has 0 fully saturated rings. The number of nitrogens with zero attached hydrogens (tertiary/aromatic N) is 2. The summed E-state index contributed by atoms with van der Waals surface area (Å²) in [5.41, 5.74) is 8.51. The minimum atomic E-state index is 0.251. The predicted octanol–water partition coefficient (Wildman–Crippen LogP) is 1.96. The van der Waals surface area contributed by atoms with Gasteiger partial charge in [-0.3, -0.25) is 0 Å². The van der Waals surface area contributed by atoms with E-state index in [0.29, 0.717) is 6.54 Å². The van der Waals surface area contributed by atoms with Crippen LogP contribution in [0.15, 0.2) is 30.5 Å². The van der Waals surface area contributed by atoms with Gasteiger partial charge in [0.2, 0.25) is 0 Å². The van der Waals surface area contributed by atoms with Gasteiger partial charge in [-0.15, -0.1) is 0 Å². The van der Waals surface area contributed by atoms with E-state index in [0.717, 1.165) is 27.8 Å². The fraction of sp³-hybridized carbons (Fsp3) is 0.154. The highest BCUT2D eigenvalue weighted by Gasteiger charge is 2.09. The van der Waals surface area contributed by atoms with Crippen molar-refractivity contribution < 1.29 is 5.11 Å². The fourth-order valence-corrected chi connectivity index (χ4v) is 2.21. The van der Waals surface area contributed by atoms with Crippen LogP contribution in [0, 0.1) is 6.92 Å². The van der Waals surface area contributed by atoms with Crippen LogP contribution in [0.3, 0.4) is 0 Å². The number of aryl methyl sites for hydroxylation is 1. The number of hydrogen-bond acceptors (Lipinski definition) is 3. The number of hydrogen-bond donors (Lipinski definition) is 2. The molecule has 0 aliphatic rings. The Morgan fingerprint density at radius 1 is 1.35 bits per heavy atom. The van der Waals surface area contributed by atoms with E-state index in [4.69, 9.17) is 5.73 Å². The molecule has 0 radical (unpaired) electrons. The molecule has 0 saturated heterocycles. The second-order valence-corrected chi connectivity index (χ2v) is 4.13. The zero-order chi connectivity index (χ0) is 12.0. The maximum absolute atomic E-state index is 9.56. The minimum absolute atomic E-state index is 0.251. The van der Waals surface area contributed by atoms with Gasteiger partial charge < -0.3 is 15.2 Å². The lowest BCUT2D eigenvalue weighted by Crippen LogP contribution is -2.02. The van der Waals surface area contributed by atoms with E-state index in [9.17, 15) is 5.11 Å². The normalized spacial score (nSPS) is 11.4. The Hall–Kier alpha value is -2.07. The number of imidazole rings is 1. The van der Waals surface area contributed by atoms with Gasteiger partial charge >= 0.3 is 0 Å². The summed E-state index contributed by atoms with van der Waals surface area (Å²) >= 11 is 0. The number of benzene rings is 1. The van der Waals surface area contributed by atoms with Gasteiger partial charge in [-0.25, -0.2) is 4.98 Å². The number of rotatable bonds is 1. The molecule has 2 heterocycles. The second kappa shape index (κ2) is 3.46. The van der Waals surface area contributed by atoms with Crippen LogP contribution in [0.2, 0.25) is 0 Å². The first-order chi connectivity index (χ1) is 8.20. The summed E-state index contributed by atoms with van der Waals surface area (Å²) in [6.45, 7) is 2.40. The molecular weight excluding hydrogens is 214 g/mol. The monoisotopic (exact) mass is 227 g/mol. The third-order valence-electron chi connectivity index (χ3n) is 3.08. The molecule has 0 saturated carbocycles. The zero-order valence-corrected chi connectivity index (χ0v) is 9.51. The number of aromatic hydroxyl groups is 1. The van der Waals surface area contributed by atoms with Gasteiger partial charge in [0, 0.05) is 18.1 Å². The molecule has 0 unspecified atom stereocenters. The molecule has 1 aromatic carbocycles. The molecule has 4 heteroatoms. The molecule has 17 heavy (non-hydrogen) atoms. The van der Waals surface area contributed by atoms with E-state index in [2.05, 4.69) is 4.98 Å². The molecule has 2 aromatic heterocycles. The van der Waals surface area contributed by atoms with E-state index in [1.165, 1.54) is 0 Å². The molecule has 0 spiro atoms. The van der Waals surface area contributed by atoms with Crippen molar-refractivity contribution in [1.82, 2.24) is 9.38 Å². The quantitative estimate of drug-likeness (QED) is 0.668. The van der Waals surface area contributed by atoms with E-state index in [1.807, 2.05) is 29.7 Å². The Balaban J connectivity index is 2.51. The number of pyridine rings is 1. The molecule has 0 aliphatic carbocycles. The Morgan fingerprint density at radius 3 is 2.94 bits per heavy atom. The first-order valence-electron chi connectivity index (χ1n) is 5.50. The molecule has 4 nitrogen and oxygen atoms in total. The van der Waals surface area contributed by atoms with Crippen molar-refractivity contribution in [2.24, 2.45) is 5.73 Å². The summed E-state index contributed by atoms with van der Waals surface area (Å²) in [4.78, 5) is 4.53. The third kappa shape index (κ3) is 1.38. The SMILES string of the molecule is Cc1nc2c3cc(O)ccc3ccn2c1CN. The average molecular weight is 227 g/mol. The number of phenolic OH excluding ortho intramolecular Hbond substituents is 1. The Kier molecular flexibility index (Phi) is 2.06. The molecular formula is C13H13N3O. The summed E-state index contributed by atoms with van der Waals surface area (Å²) in [6, 6.07) is 7.30. The van der Waals surface area contributed by atoms with Gasteiger partial charge in [0.25, 0.3) is 0 Å². The van der Waals surface area contributed by atoms with E-state index in [1.54, 1.807) is 12.1 Å². The van der Waals surface area contributed by atoms with Crippen LogP contribution in [0.4, 0.5) is 0 Å². The second-order valence-electron chi connectivity index (χ2n) is 4.13. The standard InChI is InChI=1S/C13H13N3O/c1-8-12(7-14)16-5-4-9-2-3-10(17)6-11(9)13(16)15-8/h2-6,17H,7,14H2,1H3. The number of aromatic nitrogens is 2. The van der Waals surface area contributed by atoms with E-state index in [-0.39, 0.29) is 5.75 Å². The molecule has 0 amide bonds. The van der Waals surface area contributed by atoms with Crippen molar-refractivity contribution in [3.8, 4) is 5.75 Å². The maximum Gasteiger partial charge on any atom is 0.145 e. The van der Waals surface area contributed by atoms with Crippen LogP contribution >= 0.6 is 0 Å². The molecule has 3 N–H and O–H groups in total. The topological polar surface area (TPSA) is 63.5 Å². The molecule has 3 rings (SSSR count). The number of nitrogens with two attached hydrogens (primary N) is 1. The summed E-state index contributed by atoms with van der Waals surface area (Å²) in [5.74, 6) is 0.251. The highest BCUT2D eigenvalue weighted by Crippen LogP contribution is 2.25. The number of fused-ring (bicyclic) bond motifs is 3. The summed E-state index contributed by atoms with van der Waals surface area (Å²) in [5, 5.41) is 11.6. The van der Waals surface area contributed by atoms with Gasteiger partial charge in [0.1, 0.15) is 11.4 Å². The lowest BCUT2D eigenvalue weighted by atomic mass is 10.1. The molecule has 3 aromatic rings. The molecule has 0 aliphatic heterocycles. The predicted molar refractivity (Wildman–Crippen MR) is 67.0 cm³/mol. The molecule has 0 atom stereocenters. The lowest BCUT2D eigenvalue weighted by molar-refractivity contribution is 0.476. The van der Waals surface area contributed by atoms with Gasteiger partial charge in [-0.05, 0) is 30.5 Å². The van der Waals surface area contributed by atoms with Gasteiger partial charge in [-0.1, -0.05) is 6.07 Å². The van der Waals surface area contributed by atoms with Gasteiger partial charge in [0.05, 0.1) is 11.4 Å². The Bertz CT molecular complexity index is 715. The van der Waals surface area contributed by atoms with Gasteiger partial charge in [0.15, 0.2) is 0 Å². The fourth-order valence-electron chi connectivity index (χ4n) is 2.21. The Labute approximate surface area is 98.3 Å². The van der Waals surface area contributed by atoms with Crippen molar-refractivity contribution >= 4 is 16.4 Å². The van der Waals surface area contributed by atoms with Crippen molar-refractivity contribution in [3.63, 3.8) is 0 Å². The van der Waals surface area contributed by atoms with Crippen molar-refractivity contribution in [1.29, 1.82) is 0 Å². The van der Waals surface area contributed by atoms with Crippen LogP contribution in [0.1, 0.15) is 11.4 Å². The van der Waals surface area contributed by atoms with Crippen LogP contribution in [0.5, 0.6) is 5.75 Å². The van der Waals surface area contributed by atoms with Crippen molar-refractivity contribution in [2.75, 3.05) is 0 Å². The highest BCUT2D eigenvalue weighted by molar-refractivity contribution is 5.95. The molecule has 86 valence electrons. The average Bonchev–Trinajstić information content (AvgIpc) is 2.65. The summed E-state index contributed by atoms with van der Waals surface area (Å²) in [6.07, 6.45) is 1.97. The van der Waals surface area contributed by atoms with E-state index < -0.39 is 0 Å². The van der Waals surface area contributed by atoms with Crippen molar-refractivity contribution in [2.45, 2.75) is 13.5 Å². The van der Waals surface area contributed by atoms with Crippen LogP contribution in [0.25, 0.3) is 16.4 Å². The number of phenols is 1. The van der Waals surface area contributed by atoms with Crippen LogP contribution in [-0.4, -0.2) is 14.5 Å². The smallest absolute Gasteiger partial charge is 0.145 e.